The summed E-state index contributed by atoms with van der Waals surface area (Å²) in [5.74, 6) is -3.00. The molecule has 1 heterocycles. The lowest BCUT2D eigenvalue weighted by Gasteiger charge is -2.39. The predicted molar refractivity (Wildman–Crippen MR) is 67.7 cm³/mol. The molecule has 1 N–H and O–H groups in total. The van der Waals surface area contributed by atoms with Crippen LogP contribution >= 0.6 is 0 Å². The number of halogens is 2. The molecular formula is C14H18F2N2O. The van der Waals surface area contributed by atoms with Crippen molar-refractivity contribution in [3.05, 3.63) is 29.6 Å². The highest BCUT2D eigenvalue weighted by atomic mass is 19.2. The van der Waals surface area contributed by atoms with Crippen molar-refractivity contribution in [3.8, 4) is 0 Å². The highest BCUT2D eigenvalue weighted by molar-refractivity contribution is 5.94. The molecular weight excluding hydrogens is 250 g/mol. The number of pyridine rings is 1. The number of carbonyl (C=O) groups is 1. The third-order valence-electron chi connectivity index (χ3n) is 3.90. The maximum atomic E-state index is 13.5. The predicted octanol–water partition coefficient (Wildman–Crippen LogP) is 3.06. The van der Waals surface area contributed by atoms with E-state index in [-0.39, 0.29) is 17.0 Å². The summed E-state index contributed by atoms with van der Waals surface area (Å²) in [6.45, 7) is 4.17. The Bertz CT molecular complexity index is 488. The molecule has 1 aromatic heterocycles. The summed E-state index contributed by atoms with van der Waals surface area (Å²) in [4.78, 5) is 15.2. The number of rotatable bonds is 2. The van der Waals surface area contributed by atoms with Crippen LogP contribution in [0.5, 0.6) is 0 Å². The van der Waals surface area contributed by atoms with Gasteiger partial charge in [-0.2, -0.15) is 4.39 Å². The second kappa shape index (κ2) is 5.23. The lowest BCUT2D eigenvalue weighted by molar-refractivity contribution is 0.0848. The molecule has 0 aromatic carbocycles. The van der Waals surface area contributed by atoms with Crippen LogP contribution in [-0.4, -0.2) is 16.9 Å². The zero-order chi connectivity index (χ0) is 14.0. The Morgan fingerprint density at radius 2 is 2.16 bits per heavy atom. The first-order valence-electron chi connectivity index (χ1n) is 6.53. The highest BCUT2D eigenvalue weighted by Gasteiger charge is 2.33. The van der Waals surface area contributed by atoms with E-state index in [0.29, 0.717) is 0 Å². The van der Waals surface area contributed by atoms with Gasteiger partial charge in [-0.3, -0.25) is 4.79 Å². The second-order valence-corrected chi connectivity index (χ2v) is 5.72. The van der Waals surface area contributed by atoms with Crippen LogP contribution in [0.25, 0.3) is 0 Å². The van der Waals surface area contributed by atoms with Crippen LogP contribution in [0.4, 0.5) is 8.78 Å². The Morgan fingerprint density at radius 3 is 2.84 bits per heavy atom. The minimum Gasteiger partial charge on any atom is -0.349 e. The standard InChI is InChI=1S/C14H18F2N2O/c1-14(2)7-4-3-5-10(14)18-13(19)9-6-8-17-12(16)11(9)15/h6,8,10H,3-5,7H2,1-2H3,(H,18,19). The summed E-state index contributed by atoms with van der Waals surface area (Å²) >= 11 is 0. The Hall–Kier alpha value is -1.52. The molecule has 1 amide bonds. The van der Waals surface area contributed by atoms with Crippen molar-refractivity contribution >= 4 is 5.91 Å². The zero-order valence-electron chi connectivity index (χ0n) is 11.2. The van der Waals surface area contributed by atoms with E-state index in [0.717, 1.165) is 31.9 Å². The number of amides is 1. The molecule has 1 aromatic rings. The van der Waals surface area contributed by atoms with Crippen LogP contribution in [-0.2, 0) is 0 Å². The summed E-state index contributed by atoms with van der Waals surface area (Å²) in [5.41, 5.74) is -0.301. The average Bonchev–Trinajstić information content (AvgIpc) is 2.35. The fourth-order valence-corrected chi connectivity index (χ4v) is 2.59. The molecule has 1 atom stereocenters. The molecule has 5 heteroatoms. The van der Waals surface area contributed by atoms with Gasteiger partial charge in [0.25, 0.3) is 5.91 Å². The van der Waals surface area contributed by atoms with E-state index in [1.165, 1.54) is 6.07 Å². The number of nitrogens with zero attached hydrogens (tertiary/aromatic N) is 1. The molecule has 0 radical (unpaired) electrons. The molecule has 1 saturated carbocycles. The minimum absolute atomic E-state index is 0.00984. The van der Waals surface area contributed by atoms with Crippen molar-refractivity contribution in [3.63, 3.8) is 0 Å². The van der Waals surface area contributed by atoms with E-state index >= 15 is 0 Å². The first-order chi connectivity index (χ1) is 8.92. The fourth-order valence-electron chi connectivity index (χ4n) is 2.59. The normalized spacial score (nSPS) is 22.0. The largest absolute Gasteiger partial charge is 0.349 e. The maximum Gasteiger partial charge on any atom is 0.254 e. The summed E-state index contributed by atoms with van der Waals surface area (Å²) in [7, 11) is 0. The Kier molecular flexibility index (Phi) is 3.83. The van der Waals surface area contributed by atoms with E-state index in [1.807, 2.05) is 0 Å². The van der Waals surface area contributed by atoms with Gasteiger partial charge in [0.05, 0.1) is 5.56 Å². The molecule has 1 aliphatic carbocycles. The first kappa shape index (κ1) is 13.9. The molecule has 2 rings (SSSR count). The fraction of sp³-hybridized carbons (Fsp3) is 0.571. The van der Waals surface area contributed by atoms with E-state index in [1.54, 1.807) is 0 Å². The Morgan fingerprint density at radius 1 is 1.42 bits per heavy atom. The van der Waals surface area contributed by atoms with Crippen LogP contribution < -0.4 is 5.32 Å². The molecule has 104 valence electrons. The molecule has 1 unspecified atom stereocenters. The van der Waals surface area contributed by atoms with Gasteiger partial charge in [-0.1, -0.05) is 26.7 Å². The van der Waals surface area contributed by atoms with Crippen LogP contribution in [0.15, 0.2) is 12.3 Å². The van der Waals surface area contributed by atoms with Gasteiger partial charge in [-0.05, 0) is 24.3 Å². The molecule has 0 saturated heterocycles. The number of aromatic nitrogens is 1. The smallest absolute Gasteiger partial charge is 0.254 e. The molecule has 1 fully saturated rings. The quantitative estimate of drug-likeness (QED) is 0.838. The van der Waals surface area contributed by atoms with Gasteiger partial charge in [0, 0.05) is 12.2 Å². The summed E-state index contributed by atoms with van der Waals surface area (Å²) in [5, 5.41) is 2.82. The third-order valence-corrected chi connectivity index (χ3v) is 3.90. The van der Waals surface area contributed by atoms with Crippen molar-refractivity contribution in [2.24, 2.45) is 5.41 Å². The minimum atomic E-state index is -1.24. The Labute approximate surface area is 111 Å². The summed E-state index contributed by atoms with van der Waals surface area (Å²) in [6.07, 6.45) is 5.16. The lowest BCUT2D eigenvalue weighted by Crippen LogP contribution is -2.47. The number of hydrogen-bond acceptors (Lipinski definition) is 2. The average molecular weight is 268 g/mol. The molecule has 19 heavy (non-hydrogen) atoms. The number of hydrogen-bond donors (Lipinski definition) is 1. The second-order valence-electron chi connectivity index (χ2n) is 5.72. The van der Waals surface area contributed by atoms with Gasteiger partial charge in [0.2, 0.25) is 5.95 Å². The van der Waals surface area contributed by atoms with Crippen LogP contribution in [0.2, 0.25) is 0 Å². The highest BCUT2D eigenvalue weighted by Crippen LogP contribution is 2.35. The number of nitrogens with one attached hydrogen (secondary N) is 1. The van der Waals surface area contributed by atoms with Gasteiger partial charge < -0.3 is 5.32 Å². The van der Waals surface area contributed by atoms with Gasteiger partial charge in [0.15, 0.2) is 5.82 Å². The molecule has 0 aliphatic heterocycles. The Balaban J connectivity index is 2.15. The van der Waals surface area contributed by atoms with Crippen molar-refractivity contribution in [1.29, 1.82) is 0 Å². The topological polar surface area (TPSA) is 42.0 Å². The van der Waals surface area contributed by atoms with Gasteiger partial charge in [-0.15, -0.1) is 0 Å². The van der Waals surface area contributed by atoms with Crippen molar-refractivity contribution in [1.82, 2.24) is 10.3 Å². The number of carbonyl (C=O) groups excluding carboxylic acids is 1. The lowest BCUT2D eigenvalue weighted by atomic mass is 9.73. The van der Waals surface area contributed by atoms with Gasteiger partial charge in [-0.25, -0.2) is 9.37 Å². The maximum absolute atomic E-state index is 13.5. The van der Waals surface area contributed by atoms with Gasteiger partial charge >= 0.3 is 0 Å². The molecule has 0 bridgehead atoms. The van der Waals surface area contributed by atoms with Crippen LogP contribution in [0.1, 0.15) is 49.9 Å². The third kappa shape index (κ3) is 2.91. The summed E-state index contributed by atoms with van der Waals surface area (Å²) in [6, 6.07) is 1.19. The SMILES string of the molecule is CC1(C)CCCCC1NC(=O)c1ccnc(F)c1F. The monoisotopic (exact) mass is 268 g/mol. The first-order valence-corrected chi connectivity index (χ1v) is 6.53. The molecule has 0 spiro atoms. The van der Waals surface area contributed by atoms with Crippen molar-refractivity contribution < 1.29 is 13.6 Å². The zero-order valence-corrected chi connectivity index (χ0v) is 11.2. The van der Waals surface area contributed by atoms with E-state index in [9.17, 15) is 13.6 Å². The van der Waals surface area contributed by atoms with Crippen molar-refractivity contribution in [2.75, 3.05) is 0 Å². The summed E-state index contributed by atoms with van der Waals surface area (Å²) < 4.78 is 26.5. The van der Waals surface area contributed by atoms with E-state index in [2.05, 4.69) is 24.1 Å². The van der Waals surface area contributed by atoms with Gasteiger partial charge in [0.1, 0.15) is 0 Å². The van der Waals surface area contributed by atoms with E-state index in [4.69, 9.17) is 0 Å². The van der Waals surface area contributed by atoms with Crippen molar-refractivity contribution in [2.45, 2.75) is 45.6 Å². The van der Waals surface area contributed by atoms with E-state index < -0.39 is 17.7 Å². The van der Waals surface area contributed by atoms with Crippen LogP contribution in [0.3, 0.4) is 0 Å². The molecule has 3 nitrogen and oxygen atoms in total. The van der Waals surface area contributed by atoms with Crippen LogP contribution in [0, 0.1) is 17.2 Å². The molecule has 1 aliphatic rings.